The van der Waals surface area contributed by atoms with Crippen molar-refractivity contribution in [3.05, 3.63) is 29.7 Å². The molecule has 0 saturated heterocycles. The molecule has 2 aromatic heterocycles. The lowest BCUT2D eigenvalue weighted by molar-refractivity contribution is -0.137. The maximum Gasteiger partial charge on any atom is 0.417 e. The number of alkyl halides is 3. The molecular weight excluding hydrogens is 245 g/mol. The number of aromatic nitrogens is 3. The molecule has 0 aliphatic heterocycles. The summed E-state index contributed by atoms with van der Waals surface area (Å²) in [6.45, 7) is 0. The number of nitrogens with two attached hydrogens (primary N) is 1. The van der Waals surface area contributed by atoms with Gasteiger partial charge in [0.15, 0.2) is 11.5 Å². The summed E-state index contributed by atoms with van der Waals surface area (Å²) in [5.41, 5.74) is 5.63. The smallest absolute Gasteiger partial charge is 0.321 e. The van der Waals surface area contributed by atoms with Crippen molar-refractivity contribution in [1.82, 2.24) is 14.6 Å². The van der Waals surface area contributed by atoms with E-state index in [1.54, 1.807) is 0 Å². The minimum absolute atomic E-state index is 0.312. The molecule has 2 N–H and O–H groups in total. The van der Waals surface area contributed by atoms with Gasteiger partial charge in [-0.25, -0.2) is 0 Å². The number of nitrogens with zero attached hydrogens (tertiary/aromatic N) is 3. The first-order valence-corrected chi connectivity index (χ1v) is 5.64. The first-order valence-electron chi connectivity index (χ1n) is 5.64. The number of hydrogen-bond acceptors (Lipinski definition) is 3. The summed E-state index contributed by atoms with van der Waals surface area (Å²) in [5.74, 6) is 0.713. The quantitative estimate of drug-likeness (QED) is 0.895. The molecule has 96 valence electrons. The van der Waals surface area contributed by atoms with Crippen LogP contribution < -0.4 is 5.73 Å². The van der Waals surface area contributed by atoms with Crippen molar-refractivity contribution >= 4 is 5.65 Å². The SMILES string of the molecule is NC(c1nnc2ccc(C(F)(F)F)cn12)C1CC1. The van der Waals surface area contributed by atoms with Crippen LogP contribution in [0.25, 0.3) is 5.65 Å². The predicted molar refractivity (Wildman–Crippen MR) is 57.6 cm³/mol. The summed E-state index contributed by atoms with van der Waals surface area (Å²) < 4.78 is 39.3. The van der Waals surface area contributed by atoms with E-state index in [2.05, 4.69) is 10.2 Å². The van der Waals surface area contributed by atoms with Gasteiger partial charge in [0.25, 0.3) is 0 Å². The largest absolute Gasteiger partial charge is 0.417 e. The van der Waals surface area contributed by atoms with Crippen LogP contribution in [-0.4, -0.2) is 14.6 Å². The second kappa shape index (κ2) is 3.68. The zero-order chi connectivity index (χ0) is 12.9. The van der Waals surface area contributed by atoms with Gasteiger partial charge in [-0.1, -0.05) is 0 Å². The van der Waals surface area contributed by atoms with Crippen LogP contribution >= 0.6 is 0 Å². The van der Waals surface area contributed by atoms with E-state index in [9.17, 15) is 13.2 Å². The van der Waals surface area contributed by atoms with Crippen molar-refractivity contribution in [3.8, 4) is 0 Å². The maximum atomic E-state index is 12.6. The molecule has 1 unspecified atom stereocenters. The Kier molecular flexibility index (Phi) is 2.34. The number of halogens is 3. The summed E-state index contributed by atoms with van der Waals surface area (Å²) in [6, 6.07) is 1.96. The van der Waals surface area contributed by atoms with E-state index in [1.165, 1.54) is 10.5 Å². The van der Waals surface area contributed by atoms with Gasteiger partial charge in [-0.2, -0.15) is 13.2 Å². The second-order valence-electron chi connectivity index (χ2n) is 4.57. The Morgan fingerprint density at radius 1 is 1.28 bits per heavy atom. The second-order valence-corrected chi connectivity index (χ2v) is 4.57. The molecule has 2 heterocycles. The average molecular weight is 256 g/mol. The van der Waals surface area contributed by atoms with Gasteiger partial charge in [-0.05, 0) is 30.9 Å². The standard InChI is InChI=1S/C11H11F3N4/c12-11(13,14)7-3-4-8-16-17-10(18(8)5-7)9(15)6-1-2-6/h3-6,9H,1-2,15H2. The van der Waals surface area contributed by atoms with Gasteiger partial charge in [-0.3, -0.25) is 4.40 Å². The summed E-state index contributed by atoms with van der Waals surface area (Å²) in [4.78, 5) is 0. The Labute approximate surface area is 101 Å². The van der Waals surface area contributed by atoms with Gasteiger partial charge in [0.05, 0.1) is 11.6 Å². The Balaban J connectivity index is 2.10. The molecule has 0 bridgehead atoms. The Hall–Kier alpha value is -1.63. The van der Waals surface area contributed by atoms with Gasteiger partial charge in [0.1, 0.15) is 0 Å². The fraction of sp³-hybridized carbons (Fsp3) is 0.455. The first kappa shape index (κ1) is 11.5. The summed E-state index contributed by atoms with van der Waals surface area (Å²) in [6.07, 6.45) is -1.38. The lowest BCUT2D eigenvalue weighted by Crippen LogP contribution is -2.16. The zero-order valence-electron chi connectivity index (χ0n) is 9.35. The molecule has 1 aliphatic rings. The molecule has 0 aromatic carbocycles. The Morgan fingerprint density at radius 3 is 2.61 bits per heavy atom. The molecular formula is C11H11F3N4. The normalized spacial score (nSPS) is 18.2. The van der Waals surface area contributed by atoms with Crippen molar-refractivity contribution in [2.75, 3.05) is 0 Å². The highest BCUT2D eigenvalue weighted by atomic mass is 19.4. The molecule has 1 atom stereocenters. The predicted octanol–water partition coefficient (Wildman–Crippen LogP) is 2.16. The molecule has 3 rings (SSSR count). The third-order valence-electron chi connectivity index (χ3n) is 3.18. The van der Waals surface area contributed by atoms with Crippen LogP contribution in [0.4, 0.5) is 13.2 Å². The molecule has 0 spiro atoms. The zero-order valence-corrected chi connectivity index (χ0v) is 9.35. The minimum atomic E-state index is -4.38. The maximum absolute atomic E-state index is 12.6. The van der Waals surface area contributed by atoms with Crippen molar-refractivity contribution in [2.24, 2.45) is 11.7 Å². The van der Waals surface area contributed by atoms with Crippen molar-refractivity contribution in [2.45, 2.75) is 25.1 Å². The van der Waals surface area contributed by atoms with Gasteiger partial charge in [-0.15, -0.1) is 10.2 Å². The number of rotatable bonds is 2. The van der Waals surface area contributed by atoms with Crippen LogP contribution in [0, 0.1) is 5.92 Å². The van der Waals surface area contributed by atoms with Gasteiger partial charge in [0.2, 0.25) is 0 Å². The van der Waals surface area contributed by atoms with Crippen LogP contribution in [0.15, 0.2) is 18.3 Å². The highest BCUT2D eigenvalue weighted by Crippen LogP contribution is 2.39. The van der Waals surface area contributed by atoms with E-state index in [0.717, 1.165) is 25.1 Å². The van der Waals surface area contributed by atoms with Gasteiger partial charge < -0.3 is 5.73 Å². The highest BCUT2D eigenvalue weighted by Gasteiger charge is 2.34. The van der Waals surface area contributed by atoms with Gasteiger partial charge in [0, 0.05) is 6.20 Å². The fourth-order valence-electron chi connectivity index (χ4n) is 1.97. The molecule has 1 aliphatic carbocycles. The summed E-state index contributed by atoms with van der Waals surface area (Å²) >= 11 is 0. The van der Waals surface area contributed by atoms with E-state index in [1.807, 2.05) is 0 Å². The Morgan fingerprint density at radius 2 is 2.00 bits per heavy atom. The van der Waals surface area contributed by atoms with E-state index in [4.69, 9.17) is 5.73 Å². The fourth-order valence-corrected chi connectivity index (χ4v) is 1.97. The van der Waals surface area contributed by atoms with Crippen LogP contribution in [-0.2, 0) is 6.18 Å². The van der Waals surface area contributed by atoms with E-state index >= 15 is 0 Å². The molecule has 4 nitrogen and oxygen atoms in total. The Bertz CT molecular complexity index is 585. The molecule has 7 heteroatoms. The summed E-state index contributed by atoms with van der Waals surface area (Å²) in [5, 5.41) is 7.74. The lowest BCUT2D eigenvalue weighted by atomic mass is 10.2. The highest BCUT2D eigenvalue weighted by molar-refractivity contribution is 5.40. The third kappa shape index (κ3) is 1.84. The lowest BCUT2D eigenvalue weighted by Gasteiger charge is -2.10. The van der Waals surface area contributed by atoms with E-state index in [0.29, 0.717) is 17.4 Å². The molecule has 18 heavy (non-hydrogen) atoms. The van der Waals surface area contributed by atoms with E-state index in [-0.39, 0.29) is 6.04 Å². The average Bonchev–Trinajstić information content (AvgIpc) is 3.06. The van der Waals surface area contributed by atoms with Crippen molar-refractivity contribution in [3.63, 3.8) is 0 Å². The van der Waals surface area contributed by atoms with Crippen molar-refractivity contribution < 1.29 is 13.2 Å². The van der Waals surface area contributed by atoms with Crippen molar-refractivity contribution in [1.29, 1.82) is 0 Å². The summed E-state index contributed by atoms with van der Waals surface area (Å²) in [7, 11) is 0. The van der Waals surface area contributed by atoms with Crippen LogP contribution in [0.3, 0.4) is 0 Å². The molecule has 0 amide bonds. The number of fused-ring (bicyclic) bond motifs is 1. The topological polar surface area (TPSA) is 56.2 Å². The monoisotopic (exact) mass is 256 g/mol. The van der Waals surface area contributed by atoms with Crippen LogP contribution in [0.1, 0.15) is 30.3 Å². The van der Waals surface area contributed by atoms with Crippen LogP contribution in [0.5, 0.6) is 0 Å². The third-order valence-corrected chi connectivity index (χ3v) is 3.18. The van der Waals surface area contributed by atoms with E-state index < -0.39 is 11.7 Å². The molecule has 2 aromatic rings. The van der Waals surface area contributed by atoms with Gasteiger partial charge >= 0.3 is 6.18 Å². The first-order chi connectivity index (χ1) is 8.47. The van der Waals surface area contributed by atoms with Crippen LogP contribution in [0.2, 0.25) is 0 Å². The number of pyridine rings is 1. The number of hydrogen-bond donors (Lipinski definition) is 1. The molecule has 0 radical (unpaired) electrons. The minimum Gasteiger partial charge on any atom is -0.321 e. The molecule has 1 fully saturated rings. The molecule has 1 saturated carbocycles.